The number of ether oxygens (including phenoxy) is 2. The van der Waals surface area contributed by atoms with Crippen LogP contribution in [-0.4, -0.2) is 45.3 Å². The molecule has 0 amide bonds. The Hall–Kier alpha value is -1.26. The lowest BCUT2D eigenvalue weighted by atomic mass is 10.1. The van der Waals surface area contributed by atoms with Crippen molar-refractivity contribution >= 4 is 0 Å². The number of piperidine rings is 1. The van der Waals surface area contributed by atoms with Crippen LogP contribution >= 0.6 is 0 Å². The summed E-state index contributed by atoms with van der Waals surface area (Å²) < 4.78 is 11.0. The molecule has 22 heavy (non-hydrogen) atoms. The molecule has 0 bridgehead atoms. The Balaban J connectivity index is 1.59. The Morgan fingerprint density at radius 3 is 2.68 bits per heavy atom. The SMILES string of the molecule is COc1ccc2c(c1OC)CC[C@H]2NCCN1CCCCC1. The van der Waals surface area contributed by atoms with Crippen LogP contribution in [0.15, 0.2) is 12.1 Å². The van der Waals surface area contributed by atoms with E-state index >= 15 is 0 Å². The molecule has 4 heteroatoms. The fraction of sp³-hybridized carbons (Fsp3) is 0.667. The van der Waals surface area contributed by atoms with Gasteiger partial charge in [0, 0.05) is 24.7 Å². The minimum Gasteiger partial charge on any atom is -0.493 e. The third-order valence-corrected chi connectivity index (χ3v) is 5.01. The van der Waals surface area contributed by atoms with Gasteiger partial charge in [-0.25, -0.2) is 0 Å². The van der Waals surface area contributed by atoms with Crippen molar-refractivity contribution in [3.8, 4) is 11.5 Å². The molecule has 1 atom stereocenters. The predicted molar refractivity (Wildman–Crippen MR) is 88.9 cm³/mol. The second-order valence-corrected chi connectivity index (χ2v) is 6.32. The van der Waals surface area contributed by atoms with E-state index in [9.17, 15) is 0 Å². The van der Waals surface area contributed by atoms with Crippen LogP contribution in [-0.2, 0) is 6.42 Å². The van der Waals surface area contributed by atoms with E-state index in [1.165, 1.54) is 50.0 Å². The van der Waals surface area contributed by atoms with Gasteiger partial charge in [0.05, 0.1) is 14.2 Å². The van der Waals surface area contributed by atoms with E-state index in [2.05, 4.69) is 16.3 Å². The van der Waals surface area contributed by atoms with Crippen molar-refractivity contribution in [3.05, 3.63) is 23.3 Å². The second-order valence-electron chi connectivity index (χ2n) is 6.32. The van der Waals surface area contributed by atoms with Crippen molar-refractivity contribution in [2.75, 3.05) is 40.4 Å². The molecule has 122 valence electrons. The third kappa shape index (κ3) is 3.23. The molecule has 0 unspecified atom stereocenters. The minimum absolute atomic E-state index is 0.458. The molecule has 0 aromatic heterocycles. The third-order valence-electron chi connectivity index (χ3n) is 5.01. The second kappa shape index (κ2) is 7.34. The van der Waals surface area contributed by atoms with Crippen molar-refractivity contribution in [1.29, 1.82) is 0 Å². The molecular weight excluding hydrogens is 276 g/mol. The molecule has 1 fully saturated rings. The lowest BCUT2D eigenvalue weighted by Crippen LogP contribution is -2.36. The van der Waals surface area contributed by atoms with E-state index in [4.69, 9.17) is 9.47 Å². The molecule has 1 aromatic rings. The summed E-state index contributed by atoms with van der Waals surface area (Å²) in [5.41, 5.74) is 2.70. The van der Waals surface area contributed by atoms with Gasteiger partial charge in [0.2, 0.25) is 0 Å². The zero-order valence-corrected chi connectivity index (χ0v) is 13.9. The van der Waals surface area contributed by atoms with Gasteiger partial charge in [-0.2, -0.15) is 0 Å². The van der Waals surface area contributed by atoms with Crippen molar-refractivity contribution in [1.82, 2.24) is 10.2 Å². The number of nitrogens with zero attached hydrogens (tertiary/aromatic N) is 1. The van der Waals surface area contributed by atoms with E-state index in [0.717, 1.165) is 30.9 Å². The highest BCUT2D eigenvalue weighted by atomic mass is 16.5. The van der Waals surface area contributed by atoms with Crippen molar-refractivity contribution in [2.45, 2.75) is 38.1 Å². The summed E-state index contributed by atoms with van der Waals surface area (Å²) in [6, 6.07) is 4.68. The average molecular weight is 304 g/mol. The van der Waals surface area contributed by atoms with E-state index in [1.54, 1.807) is 14.2 Å². The van der Waals surface area contributed by atoms with Gasteiger partial charge in [-0.3, -0.25) is 0 Å². The molecule has 1 aliphatic heterocycles. The summed E-state index contributed by atoms with van der Waals surface area (Å²) in [6.45, 7) is 4.78. The zero-order valence-electron chi connectivity index (χ0n) is 13.9. The summed E-state index contributed by atoms with van der Waals surface area (Å²) in [6.07, 6.45) is 6.35. The summed E-state index contributed by atoms with van der Waals surface area (Å²) in [5.74, 6) is 1.76. The molecule has 1 saturated heterocycles. The van der Waals surface area contributed by atoms with Crippen LogP contribution in [0.4, 0.5) is 0 Å². The van der Waals surface area contributed by atoms with Crippen LogP contribution in [0.2, 0.25) is 0 Å². The van der Waals surface area contributed by atoms with Gasteiger partial charge in [0.25, 0.3) is 0 Å². The van der Waals surface area contributed by atoms with E-state index in [-0.39, 0.29) is 0 Å². The number of fused-ring (bicyclic) bond motifs is 1. The molecule has 0 spiro atoms. The molecule has 1 aliphatic carbocycles. The maximum absolute atomic E-state index is 5.57. The molecule has 1 aromatic carbocycles. The number of methoxy groups -OCH3 is 2. The van der Waals surface area contributed by atoms with Crippen LogP contribution < -0.4 is 14.8 Å². The maximum Gasteiger partial charge on any atom is 0.164 e. The average Bonchev–Trinajstić information content (AvgIpc) is 2.98. The number of nitrogens with one attached hydrogen (secondary N) is 1. The van der Waals surface area contributed by atoms with Crippen molar-refractivity contribution in [3.63, 3.8) is 0 Å². The molecule has 0 radical (unpaired) electrons. The van der Waals surface area contributed by atoms with Crippen LogP contribution in [0.5, 0.6) is 11.5 Å². The van der Waals surface area contributed by atoms with E-state index < -0.39 is 0 Å². The molecule has 4 nitrogen and oxygen atoms in total. The standard InChI is InChI=1S/C18H28N2O2/c1-21-17-9-7-14-15(18(17)22-2)6-8-16(14)19-10-13-20-11-4-3-5-12-20/h7,9,16,19H,3-6,8,10-13H2,1-2H3/t16-/m1/s1. The van der Waals surface area contributed by atoms with Gasteiger partial charge in [-0.1, -0.05) is 12.5 Å². The normalized spacial score (nSPS) is 21.6. The Labute approximate surface area is 133 Å². The smallest absolute Gasteiger partial charge is 0.164 e. The quantitative estimate of drug-likeness (QED) is 0.876. The first-order valence-corrected chi connectivity index (χ1v) is 8.53. The van der Waals surface area contributed by atoms with Gasteiger partial charge in [0.15, 0.2) is 11.5 Å². The Morgan fingerprint density at radius 2 is 1.95 bits per heavy atom. The molecule has 3 rings (SSSR count). The molecule has 1 heterocycles. The molecule has 1 N–H and O–H groups in total. The number of likely N-dealkylation sites (tertiary alicyclic amines) is 1. The zero-order chi connectivity index (χ0) is 15.4. The van der Waals surface area contributed by atoms with Gasteiger partial charge in [-0.15, -0.1) is 0 Å². The number of hydrogen-bond donors (Lipinski definition) is 1. The summed E-state index contributed by atoms with van der Waals surface area (Å²) in [4.78, 5) is 2.58. The molecular formula is C18H28N2O2. The monoisotopic (exact) mass is 304 g/mol. The van der Waals surface area contributed by atoms with Gasteiger partial charge in [0.1, 0.15) is 0 Å². The van der Waals surface area contributed by atoms with Crippen LogP contribution in [0.1, 0.15) is 42.9 Å². The highest BCUT2D eigenvalue weighted by Gasteiger charge is 2.27. The van der Waals surface area contributed by atoms with Crippen molar-refractivity contribution < 1.29 is 9.47 Å². The van der Waals surface area contributed by atoms with Crippen molar-refractivity contribution in [2.24, 2.45) is 0 Å². The lowest BCUT2D eigenvalue weighted by molar-refractivity contribution is 0.226. The Morgan fingerprint density at radius 1 is 1.14 bits per heavy atom. The topological polar surface area (TPSA) is 33.7 Å². The van der Waals surface area contributed by atoms with Crippen LogP contribution in [0.25, 0.3) is 0 Å². The summed E-state index contributed by atoms with van der Waals surface area (Å²) in [5, 5.41) is 3.74. The van der Waals surface area contributed by atoms with Crippen LogP contribution in [0, 0.1) is 0 Å². The largest absolute Gasteiger partial charge is 0.493 e. The Kier molecular flexibility index (Phi) is 5.21. The van der Waals surface area contributed by atoms with E-state index in [1.807, 2.05) is 6.07 Å². The van der Waals surface area contributed by atoms with Gasteiger partial charge < -0.3 is 19.7 Å². The highest BCUT2D eigenvalue weighted by molar-refractivity contribution is 5.53. The fourth-order valence-corrected chi connectivity index (χ4v) is 3.83. The maximum atomic E-state index is 5.57. The number of rotatable bonds is 6. The predicted octanol–water partition coefficient (Wildman–Crippen LogP) is 2.77. The molecule has 0 saturated carbocycles. The van der Waals surface area contributed by atoms with Gasteiger partial charge >= 0.3 is 0 Å². The van der Waals surface area contributed by atoms with Gasteiger partial charge in [-0.05, 0) is 50.4 Å². The lowest BCUT2D eigenvalue weighted by Gasteiger charge is -2.27. The number of hydrogen-bond acceptors (Lipinski definition) is 4. The fourth-order valence-electron chi connectivity index (χ4n) is 3.83. The highest BCUT2D eigenvalue weighted by Crippen LogP contribution is 2.42. The first-order valence-electron chi connectivity index (χ1n) is 8.53. The summed E-state index contributed by atoms with van der Waals surface area (Å²) in [7, 11) is 3.43. The van der Waals surface area contributed by atoms with Crippen LogP contribution in [0.3, 0.4) is 0 Å². The summed E-state index contributed by atoms with van der Waals surface area (Å²) >= 11 is 0. The Bertz CT molecular complexity index is 498. The van der Waals surface area contributed by atoms with E-state index in [0.29, 0.717) is 6.04 Å². The number of benzene rings is 1. The first-order chi connectivity index (χ1) is 10.8. The minimum atomic E-state index is 0.458. The first kappa shape index (κ1) is 15.6. The molecule has 2 aliphatic rings.